The van der Waals surface area contributed by atoms with Crippen LogP contribution in [0.2, 0.25) is 0 Å². The fraction of sp³-hybridized carbons (Fsp3) is 0. The SMILES string of the molecule is O=C1c2ccccc2C(=O)c2c(O)c(Br)cc([N+](=O)[O-])c21. The predicted octanol–water partition coefficient (Wildman–Crippen LogP) is 2.84. The van der Waals surface area contributed by atoms with Gasteiger partial charge in [-0.2, -0.15) is 0 Å². The minimum absolute atomic E-state index is 0.00604. The Bertz CT molecular complexity index is 843. The van der Waals surface area contributed by atoms with Crippen LogP contribution in [0.4, 0.5) is 5.69 Å². The van der Waals surface area contributed by atoms with Crippen molar-refractivity contribution in [2.45, 2.75) is 0 Å². The third kappa shape index (κ3) is 1.78. The Kier molecular flexibility index (Phi) is 2.87. The van der Waals surface area contributed by atoms with Gasteiger partial charge in [0.05, 0.1) is 15.0 Å². The van der Waals surface area contributed by atoms with Gasteiger partial charge in [0.1, 0.15) is 11.3 Å². The number of halogens is 1. The summed E-state index contributed by atoms with van der Waals surface area (Å²) < 4.78 is -0.00604. The summed E-state index contributed by atoms with van der Waals surface area (Å²) in [6.45, 7) is 0. The topological polar surface area (TPSA) is 97.5 Å². The number of aromatic hydroxyl groups is 1. The molecule has 2 aromatic rings. The van der Waals surface area contributed by atoms with Gasteiger partial charge in [0.25, 0.3) is 5.69 Å². The van der Waals surface area contributed by atoms with Crippen molar-refractivity contribution in [1.29, 1.82) is 0 Å². The Morgan fingerprint density at radius 1 is 1.05 bits per heavy atom. The van der Waals surface area contributed by atoms with E-state index in [0.29, 0.717) is 0 Å². The van der Waals surface area contributed by atoms with E-state index in [1.165, 1.54) is 12.1 Å². The van der Waals surface area contributed by atoms with E-state index < -0.39 is 27.9 Å². The van der Waals surface area contributed by atoms with Crippen LogP contribution in [0.25, 0.3) is 0 Å². The highest BCUT2D eigenvalue weighted by atomic mass is 79.9. The average molecular weight is 348 g/mol. The summed E-state index contributed by atoms with van der Waals surface area (Å²) in [6, 6.07) is 7.05. The molecule has 0 aromatic heterocycles. The lowest BCUT2D eigenvalue weighted by atomic mass is 9.83. The third-order valence-electron chi connectivity index (χ3n) is 3.30. The summed E-state index contributed by atoms with van der Waals surface area (Å²) in [6.07, 6.45) is 0. The minimum Gasteiger partial charge on any atom is -0.506 e. The maximum absolute atomic E-state index is 12.5. The number of hydrogen-bond acceptors (Lipinski definition) is 5. The van der Waals surface area contributed by atoms with Crippen LogP contribution in [0, 0.1) is 10.1 Å². The molecule has 0 saturated carbocycles. The molecule has 0 bridgehead atoms. The van der Waals surface area contributed by atoms with Gasteiger partial charge in [0, 0.05) is 17.2 Å². The molecule has 1 N–H and O–H groups in total. The average Bonchev–Trinajstić information content (AvgIpc) is 2.47. The molecule has 3 rings (SSSR count). The van der Waals surface area contributed by atoms with Crippen molar-refractivity contribution in [1.82, 2.24) is 0 Å². The van der Waals surface area contributed by atoms with E-state index in [2.05, 4.69) is 15.9 Å². The maximum Gasteiger partial charge on any atom is 0.282 e. The van der Waals surface area contributed by atoms with E-state index in [4.69, 9.17) is 0 Å². The number of carbonyl (C=O) groups is 2. The number of nitro benzene ring substituents is 1. The van der Waals surface area contributed by atoms with E-state index in [9.17, 15) is 24.8 Å². The quantitative estimate of drug-likeness (QED) is 0.539. The first-order chi connectivity index (χ1) is 9.93. The Labute approximate surface area is 126 Å². The van der Waals surface area contributed by atoms with Crippen LogP contribution in [-0.4, -0.2) is 21.6 Å². The van der Waals surface area contributed by atoms with Crippen molar-refractivity contribution in [2.75, 3.05) is 0 Å². The van der Waals surface area contributed by atoms with E-state index in [0.717, 1.165) is 6.07 Å². The molecule has 104 valence electrons. The molecule has 0 heterocycles. The normalized spacial score (nSPS) is 12.8. The van der Waals surface area contributed by atoms with Crippen LogP contribution >= 0.6 is 15.9 Å². The van der Waals surface area contributed by atoms with E-state index >= 15 is 0 Å². The molecule has 2 aromatic carbocycles. The number of benzene rings is 2. The number of nitrogens with zero attached hydrogens (tertiary/aromatic N) is 1. The van der Waals surface area contributed by atoms with E-state index in [1.54, 1.807) is 12.1 Å². The van der Waals surface area contributed by atoms with Crippen molar-refractivity contribution in [3.05, 3.63) is 67.2 Å². The first-order valence-corrected chi connectivity index (χ1v) is 6.61. The summed E-state index contributed by atoms with van der Waals surface area (Å²) in [4.78, 5) is 35.3. The molecule has 1 aliphatic rings. The summed E-state index contributed by atoms with van der Waals surface area (Å²) in [5, 5.41) is 21.2. The Morgan fingerprint density at radius 2 is 1.57 bits per heavy atom. The molecule has 0 unspecified atom stereocenters. The standard InChI is InChI=1S/C14H6BrNO5/c15-8-5-9(16(20)21)10-11(14(8)19)13(18)7-4-2-1-3-6(7)12(10)17/h1-5,19H. The van der Waals surface area contributed by atoms with Gasteiger partial charge in [-0.15, -0.1) is 0 Å². The van der Waals surface area contributed by atoms with E-state index in [1.807, 2.05) is 0 Å². The third-order valence-corrected chi connectivity index (χ3v) is 3.90. The lowest BCUT2D eigenvalue weighted by Crippen LogP contribution is -2.22. The molecule has 6 nitrogen and oxygen atoms in total. The zero-order valence-corrected chi connectivity index (χ0v) is 11.9. The molecule has 0 radical (unpaired) electrons. The number of hydrogen-bond donors (Lipinski definition) is 1. The second kappa shape index (κ2) is 4.49. The van der Waals surface area contributed by atoms with Crippen LogP contribution in [0.1, 0.15) is 31.8 Å². The number of phenolic OH excluding ortho intramolecular Hbond substituents is 1. The predicted molar refractivity (Wildman–Crippen MR) is 75.8 cm³/mol. The lowest BCUT2D eigenvalue weighted by molar-refractivity contribution is -0.385. The smallest absolute Gasteiger partial charge is 0.282 e. The summed E-state index contributed by atoms with van der Waals surface area (Å²) in [5.41, 5.74) is -0.996. The Balaban J connectivity index is 2.45. The molecule has 1 aliphatic carbocycles. The molecule has 21 heavy (non-hydrogen) atoms. The van der Waals surface area contributed by atoms with Gasteiger partial charge in [0.2, 0.25) is 5.78 Å². The highest BCUT2D eigenvalue weighted by Gasteiger charge is 2.38. The summed E-state index contributed by atoms with van der Waals surface area (Å²) in [5.74, 6) is -1.72. The van der Waals surface area contributed by atoms with Crippen LogP contribution in [0.3, 0.4) is 0 Å². The highest BCUT2D eigenvalue weighted by Crippen LogP contribution is 2.42. The van der Waals surface area contributed by atoms with E-state index in [-0.39, 0.29) is 26.7 Å². The monoisotopic (exact) mass is 347 g/mol. The maximum atomic E-state index is 12.5. The van der Waals surface area contributed by atoms with Crippen molar-refractivity contribution < 1.29 is 19.6 Å². The summed E-state index contributed by atoms with van der Waals surface area (Å²) >= 11 is 2.96. The molecular formula is C14H6BrNO5. The largest absolute Gasteiger partial charge is 0.506 e. The molecule has 0 aliphatic heterocycles. The first kappa shape index (κ1) is 13.4. The van der Waals surface area contributed by atoms with Gasteiger partial charge in [0.15, 0.2) is 5.78 Å². The van der Waals surface area contributed by atoms with Crippen molar-refractivity contribution in [3.8, 4) is 5.75 Å². The molecule has 0 saturated heterocycles. The number of fused-ring (bicyclic) bond motifs is 2. The first-order valence-electron chi connectivity index (χ1n) is 5.81. The van der Waals surface area contributed by atoms with Crippen molar-refractivity contribution in [3.63, 3.8) is 0 Å². The second-order valence-electron chi connectivity index (χ2n) is 4.44. The van der Waals surface area contributed by atoms with Gasteiger partial charge in [-0.05, 0) is 15.9 Å². The minimum atomic E-state index is -0.748. The molecule has 0 atom stereocenters. The van der Waals surface area contributed by atoms with Crippen molar-refractivity contribution >= 4 is 33.2 Å². The number of nitro groups is 1. The summed E-state index contributed by atoms with van der Waals surface area (Å²) in [7, 11) is 0. The number of ketones is 2. The van der Waals surface area contributed by atoms with Gasteiger partial charge in [-0.1, -0.05) is 24.3 Å². The van der Waals surface area contributed by atoms with Crippen LogP contribution in [0.15, 0.2) is 34.8 Å². The lowest BCUT2D eigenvalue weighted by Gasteiger charge is -2.18. The fourth-order valence-electron chi connectivity index (χ4n) is 2.37. The van der Waals surface area contributed by atoms with Gasteiger partial charge in [-0.3, -0.25) is 19.7 Å². The molecule has 7 heteroatoms. The molecule has 0 fully saturated rings. The zero-order chi connectivity index (χ0) is 15.3. The molecule has 0 spiro atoms. The Hall–Kier alpha value is -2.54. The van der Waals surface area contributed by atoms with Crippen LogP contribution in [-0.2, 0) is 0 Å². The molecular weight excluding hydrogens is 342 g/mol. The Morgan fingerprint density at radius 3 is 2.10 bits per heavy atom. The second-order valence-corrected chi connectivity index (χ2v) is 5.29. The zero-order valence-electron chi connectivity index (χ0n) is 10.3. The molecule has 0 amide bonds. The van der Waals surface area contributed by atoms with Crippen molar-refractivity contribution in [2.24, 2.45) is 0 Å². The van der Waals surface area contributed by atoms with Gasteiger partial charge < -0.3 is 5.11 Å². The van der Waals surface area contributed by atoms with Crippen LogP contribution in [0.5, 0.6) is 5.75 Å². The van der Waals surface area contributed by atoms with Crippen LogP contribution < -0.4 is 0 Å². The van der Waals surface area contributed by atoms with Gasteiger partial charge >= 0.3 is 0 Å². The number of phenols is 1. The number of rotatable bonds is 1. The van der Waals surface area contributed by atoms with Gasteiger partial charge in [-0.25, -0.2) is 0 Å². The fourth-order valence-corrected chi connectivity index (χ4v) is 2.78. The highest BCUT2D eigenvalue weighted by molar-refractivity contribution is 9.10. The number of carbonyl (C=O) groups excluding carboxylic acids is 2.